The van der Waals surface area contributed by atoms with E-state index in [0.717, 1.165) is 19.4 Å². The van der Waals surface area contributed by atoms with Gasteiger partial charge in [0, 0.05) is 36.3 Å². The third-order valence-corrected chi connectivity index (χ3v) is 4.37. The molecular formula is C16H22N2O. The third-order valence-electron chi connectivity index (χ3n) is 4.37. The summed E-state index contributed by atoms with van der Waals surface area (Å²) in [6, 6.07) is 9.18. The number of aromatic amines is 1. The smallest absolute Gasteiger partial charge is 0.0459 e. The maximum atomic E-state index is 9.16. The summed E-state index contributed by atoms with van der Waals surface area (Å²) in [5, 5.41) is 14.1. The molecule has 0 radical (unpaired) electrons. The molecule has 1 aromatic carbocycles. The molecule has 1 aliphatic rings. The zero-order valence-electron chi connectivity index (χ0n) is 11.2. The van der Waals surface area contributed by atoms with Gasteiger partial charge >= 0.3 is 0 Å². The van der Waals surface area contributed by atoms with E-state index >= 15 is 0 Å². The summed E-state index contributed by atoms with van der Waals surface area (Å²) >= 11 is 0. The molecule has 3 heteroatoms. The van der Waals surface area contributed by atoms with Crippen molar-refractivity contribution in [3.05, 3.63) is 36.0 Å². The molecule has 3 rings (SSSR count). The topological polar surface area (TPSA) is 48.0 Å². The van der Waals surface area contributed by atoms with E-state index in [9.17, 15) is 0 Å². The summed E-state index contributed by atoms with van der Waals surface area (Å²) in [7, 11) is 0. The van der Waals surface area contributed by atoms with Crippen molar-refractivity contribution in [1.29, 1.82) is 0 Å². The minimum atomic E-state index is 0.357. The molecule has 0 spiro atoms. The number of H-pyrrole nitrogens is 1. The predicted molar refractivity (Wildman–Crippen MR) is 78.0 cm³/mol. The van der Waals surface area contributed by atoms with Crippen LogP contribution in [0.4, 0.5) is 0 Å². The highest BCUT2D eigenvalue weighted by Gasteiger charge is 2.20. The summed E-state index contributed by atoms with van der Waals surface area (Å²) < 4.78 is 0. The Kier molecular flexibility index (Phi) is 3.85. The van der Waals surface area contributed by atoms with Crippen LogP contribution in [0.3, 0.4) is 0 Å². The second kappa shape index (κ2) is 5.76. The second-order valence-corrected chi connectivity index (χ2v) is 5.64. The SMILES string of the molecule is OCC1CCC(NCc2cccc3[nH]ccc23)CC1. The quantitative estimate of drug-likeness (QED) is 0.789. The van der Waals surface area contributed by atoms with Gasteiger partial charge in [-0.15, -0.1) is 0 Å². The maximum Gasteiger partial charge on any atom is 0.0459 e. The minimum Gasteiger partial charge on any atom is -0.396 e. The summed E-state index contributed by atoms with van der Waals surface area (Å²) in [5.41, 5.74) is 2.58. The standard InChI is InChI=1S/C16H22N2O/c19-11-12-4-6-14(7-5-12)18-10-13-2-1-3-16-15(13)8-9-17-16/h1-3,8-9,12,14,17-19H,4-7,10-11H2. The molecule has 0 aliphatic heterocycles. The zero-order valence-corrected chi connectivity index (χ0v) is 11.2. The summed E-state index contributed by atoms with van der Waals surface area (Å²) in [6.45, 7) is 1.29. The number of nitrogens with one attached hydrogen (secondary N) is 2. The average molecular weight is 258 g/mol. The van der Waals surface area contributed by atoms with Crippen LogP contribution in [0, 0.1) is 5.92 Å². The predicted octanol–water partition coefficient (Wildman–Crippen LogP) is 2.81. The molecule has 1 saturated carbocycles. The molecule has 19 heavy (non-hydrogen) atoms. The first kappa shape index (κ1) is 12.7. The lowest BCUT2D eigenvalue weighted by molar-refractivity contribution is 0.175. The highest BCUT2D eigenvalue weighted by atomic mass is 16.3. The van der Waals surface area contributed by atoms with Gasteiger partial charge in [-0.25, -0.2) is 0 Å². The van der Waals surface area contributed by atoms with E-state index in [0.29, 0.717) is 18.6 Å². The van der Waals surface area contributed by atoms with Crippen LogP contribution in [0.15, 0.2) is 30.5 Å². The largest absolute Gasteiger partial charge is 0.396 e. The molecular weight excluding hydrogens is 236 g/mol. The van der Waals surface area contributed by atoms with Crippen molar-refractivity contribution >= 4 is 10.9 Å². The molecule has 0 unspecified atom stereocenters. The Morgan fingerprint density at radius 3 is 2.79 bits per heavy atom. The first-order valence-electron chi connectivity index (χ1n) is 7.26. The number of hydrogen-bond donors (Lipinski definition) is 3. The molecule has 0 amide bonds. The number of fused-ring (bicyclic) bond motifs is 1. The van der Waals surface area contributed by atoms with E-state index < -0.39 is 0 Å². The molecule has 3 nitrogen and oxygen atoms in total. The van der Waals surface area contributed by atoms with E-state index in [1.165, 1.54) is 29.3 Å². The van der Waals surface area contributed by atoms with Gasteiger partial charge in [-0.3, -0.25) is 0 Å². The molecule has 1 heterocycles. The van der Waals surface area contributed by atoms with Crippen molar-refractivity contribution in [2.45, 2.75) is 38.3 Å². The zero-order chi connectivity index (χ0) is 13.1. The van der Waals surface area contributed by atoms with Crippen LogP contribution in [-0.4, -0.2) is 22.7 Å². The van der Waals surface area contributed by atoms with Crippen molar-refractivity contribution in [3.8, 4) is 0 Å². The fourth-order valence-electron chi connectivity index (χ4n) is 3.11. The number of benzene rings is 1. The van der Waals surface area contributed by atoms with Crippen molar-refractivity contribution in [2.24, 2.45) is 5.92 Å². The molecule has 102 valence electrons. The molecule has 2 aromatic rings. The molecule has 0 atom stereocenters. The monoisotopic (exact) mass is 258 g/mol. The number of aliphatic hydroxyl groups excluding tert-OH is 1. The minimum absolute atomic E-state index is 0.357. The molecule has 1 aliphatic carbocycles. The Balaban J connectivity index is 1.59. The molecule has 1 aromatic heterocycles. The van der Waals surface area contributed by atoms with Crippen molar-refractivity contribution in [1.82, 2.24) is 10.3 Å². The lowest BCUT2D eigenvalue weighted by atomic mass is 9.86. The normalized spacial score (nSPS) is 23.8. The summed E-state index contributed by atoms with van der Waals surface area (Å²) in [6.07, 6.45) is 6.69. The number of rotatable bonds is 4. The van der Waals surface area contributed by atoms with E-state index in [1.807, 2.05) is 6.20 Å². The first-order chi connectivity index (χ1) is 9.36. The van der Waals surface area contributed by atoms with Crippen LogP contribution in [-0.2, 0) is 6.54 Å². The first-order valence-corrected chi connectivity index (χ1v) is 7.26. The van der Waals surface area contributed by atoms with Crippen molar-refractivity contribution in [3.63, 3.8) is 0 Å². The van der Waals surface area contributed by atoms with Gasteiger partial charge in [0.25, 0.3) is 0 Å². The lowest BCUT2D eigenvalue weighted by Gasteiger charge is -2.28. The highest BCUT2D eigenvalue weighted by Crippen LogP contribution is 2.24. The maximum absolute atomic E-state index is 9.16. The van der Waals surface area contributed by atoms with Gasteiger partial charge in [0.2, 0.25) is 0 Å². The molecule has 0 bridgehead atoms. The Morgan fingerprint density at radius 2 is 2.00 bits per heavy atom. The Hall–Kier alpha value is -1.32. The van der Waals surface area contributed by atoms with Crippen LogP contribution >= 0.6 is 0 Å². The second-order valence-electron chi connectivity index (χ2n) is 5.64. The van der Waals surface area contributed by atoms with Crippen LogP contribution < -0.4 is 5.32 Å². The van der Waals surface area contributed by atoms with Gasteiger partial charge in [0.05, 0.1) is 0 Å². The van der Waals surface area contributed by atoms with Crippen LogP contribution in [0.1, 0.15) is 31.2 Å². The Bertz CT molecular complexity index is 526. The number of hydrogen-bond acceptors (Lipinski definition) is 2. The van der Waals surface area contributed by atoms with Gasteiger partial charge in [-0.1, -0.05) is 12.1 Å². The van der Waals surface area contributed by atoms with Gasteiger partial charge in [0.1, 0.15) is 0 Å². The van der Waals surface area contributed by atoms with E-state index in [1.54, 1.807) is 0 Å². The van der Waals surface area contributed by atoms with Crippen LogP contribution in [0.25, 0.3) is 10.9 Å². The van der Waals surface area contributed by atoms with Crippen LogP contribution in [0.5, 0.6) is 0 Å². The molecule has 3 N–H and O–H groups in total. The number of aromatic nitrogens is 1. The van der Waals surface area contributed by atoms with Crippen LogP contribution in [0.2, 0.25) is 0 Å². The third kappa shape index (κ3) is 2.82. The van der Waals surface area contributed by atoms with Gasteiger partial charge in [-0.05, 0) is 49.3 Å². The fourth-order valence-corrected chi connectivity index (χ4v) is 3.11. The summed E-state index contributed by atoms with van der Waals surface area (Å²) in [5.74, 6) is 0.533. The van der Waals surface area contributed by atoms with Gasteiger partial charge in [0.15, 0.2) is 0 Å². The average Bonchev–Trinajstić information content (AvgIpc) is 2.94. The van der Waals surface area contributed by atoms with Gasteiger partial charge in [-0.2, -0.15) is 0 Å². The number of aliphatic hydroxyl groups is 1. The van der Waals surface area contributed by atoms with E-state index in [4.69, 9.17) is 5.11 Å². The van der Waals surface area contributed by atoms with E-state index in [2.05, 4.69) is 34.6 Å². The Morgan fingerprint density at radius 1 is 1.16 bits per heavy atom. The fraction of sp³-hybridized carbons (Fsp3) is 0.500. The lowest BCUT2D eigenvalue weighted by Crippen LogP contribution is -2.33. The molecule has 1 fully saturated rings. The summed E-state index contributed by atoms with van der Waals surface area (Å²) in [4.78, 5) is 3.26. The van der Waals surface area contributed by atoms with Gasteiger partial charge < -0.3 is 15.4 Å². The Labute approximate surface area is 114 Å². The van der Waals surface area contributed by atoms with Crippen molar-refractivity contribution in [2.75, 3.05) is 6.61 Å². The highest BCUT2D eigenvalue weighted by molar-refractivity contribution is 5.82. The van der Waals surface area contributed by atoms with E-state index in [-0.39, 0.29) is 0 Å². The van der Waals surface area contributed by atoms with Crippen molar-refractivity contribution < 1.29 is 5.11 Å². The molecule has 0 saturated heterocycles.